The van der Waals surface area contributed by atoms with Crippen LogP contribution in [-0.4, -0.2) is 50.4 Å². The summed E-state index contributed by atoms with van der Waals surface area (Å²) in [4.78, 5) is 30.4. The van der Waals surface area contributed by atoms with Crippen LogP contribution >= 0.6 is 11.6 Å². The highest BCUT2D eigenvalue weighted by atomic mass is 35.5. The van der Waals surface area contributed by atoms with Crippen LogP contribution in [0, 0.1) is 0 Å². The second kappa shape index (κ2) is 16.7. The third kappa shape index (κ3) is 9.17. The summed E-state index contributed by atoms with van der Waals surface area (Å²) in [7, 11) is -4.21. The molecule has 48 heavy (non-hydrogen) atoms. The number of sulfonamides is 1. The van der Waals surface area contributed by atoms with Crippen molar-refractivity contribution in [2.24, 2.45) is 0 Å². The van der Waals surface area contributed by atoms with E-state index in [4.69, 9.17) is 16.3 Å². The van der Waals surface area contributed by atoms with Crippen molar-refractivity contribution < 1.29 is 22.7 Å². The number of rotatable bonds is 14. The number of carbonyl (C=O) groups is 2. The third-order valence-electron chi connectivity index (χ3n) is 8.51. The summed E-state index contributed by atoms with van der Waals surface area (Å²) < 4.78 is 35.1. The van der Waals surface area contributed by atoms with Gasteiger partial charge in [0.25, 0.3) is 10.0 Å². The monoisotopic (exact) mass is 687 g/mol. The normalized spacial score (nSPS) is 14.1. The maximum atomic E-state index is 14.6. The van der Waals surface area contributed by atoms with Gasteiger partial charge in [0.1, 0.15) is 18.3 Å². The number of ether oxygens (including phenoxy) is 1. The Morgan fingerprint density at radius 3 is 2.15 bits per heavy atom. The highest BCUT2D eigenvalue weighted by Crippen LogP contribution is 2.27. The molecule has 0 aromatic heterocycles. The Bertz CT molecular complexity index is 1750. The second-order valence-electron chi connectivity index (χ2n) is 12.0. The van der Waals surface area contributed by atoms with E-state index in [1.54, 1.807) is 60.7 Å². The average Bonchev–Trinajstić information content (AvgIpc) is 3.10. The topological polar surface area (TPSA) is 96.0 Å². The molecule has 0 radical (unpaired) electrons. The third-order valence-corrected chi connectivity index (χ3v) is 10.5. The predicted molar refractivity (Wildman–Crippen MR) is 190 cm³/mol. The van der Waals surface area contributed by atoms with Crippen LogP contribution in [0.25, 0.3) is 0 Å². The molecular formula is C38H42ClN3O5S. The molecular weight excluding hydrogens is 646 g/mol. The van der Waals surface area contributed by atoms with E-state index < -0.39 is 28.5 Å². The minimum absolute atomic E-state index is 0.0138. The van der Waals surface area contributed by atoms with Crippen LogP contribution in [0.15, 0.2) is 114 Å². The van der Waals surface area contributed by atoms with Crippen LogP contribution in [0.2, 0.25) is 5.02 Å². The Balaban J connectivity index is 1.54. The number of nitrogens with one attached hydrogen (secondary N) is 1. The molecule has 1 aliphatic carbocycles. The number of carbonyl (C=O) groups excluding carboxylic acids is 2. The standard InChI is InChI=1S/C38H42ClN3O5S/c1-2-47-34-21-23-35(24-22-34)48(45,46)42(33-19-10-5-11-20-33)28-37(43)41(27-30-15-12-16-31(39)25-30)36(26-29-13-6-3-7-14-29)38(44)40-32-17-8-4-9-18-32/h3,5-7,10-16,19-25,32,36H,2,4,8-9,17-18,26-28H2,1H3,(H,40,44). The quantitative estimate of drug-likeness (QED) is 0.154. The first-order valence-corrected chi connectivity index (χ1v) is 18.2. The van der Waals surface area contributed by atoms with Gasteiger partial charge in [0.2, 0.25) is 11.8 Å². The molecule has 0 saturated heterocycles. The summed E-state index contributed by atoms with van der Waals surface area (Å²) in [5.41, 5.74) is 1.93. The van der Waals surface area contributed by atoms with Gasteiger partial charge in [-0.3, -0.25) is 13.9 Å². The van der Waals surface area contributed by atoms with E-state index >= 15 is 0 Å². The lowest BCUT2D eigenvalue weighted by molar-refractivity contribution is -0.140. The van der Waals surface area contributed by atoms with E-state index in [9.17, 15) is 18.0 Å². The molecule has 1 saturated carbocycles. The largest absolute Gasteiger partial charge is 0.494 e. The highest BCUT2D eigenvalue weighted by Gasteiger charge is 2.35. The fourth-order valence-electron chi connectivity index (χ4n) is 6.06. The Labute approximate surface area is 288 Å². The smallest absolute Gasteiger partial charge is 0.264 e. The van der Waals surface area contributed by atoms with E-state index in [0.29, 0.717) is 23.1 Å². The maximum absolute atomic E-state index is 14.6. The SMILES string of the molecule is CCOc1ccc(S(=O)(=O)N(CC(=O)N(Cc2cccc(Cl)c2)C(Cc2ccccc2)C(=O)NC2CCCCC2)c2ccccc2)cc1. The minimum atomic E-state index is -4.21. The molecule has 1 N–H and O–H groups in total. The van der Waals surface area contributed by atoms with Crippen molar-refractivity contribution in [1.29, 1.82) is 0 Å². The maximum Gasteiger partial charge on any atom is 0.264 e. The minimum Gasteiger partial charge on any atom is -0.494 e. The summed E-state index contributed by atoms with van der Waals surface area (Å²) >= 11 is 6.35. The number of hydrogen-bond donors (Lipinski definition) is 1. The number of halogens is 1. The van der Waals surface area contributed by atoms with Crippen molar-refractivity contribution in [1.82, 2.24) is 10.2 Å². The zero-order valence-electron chi connectivity index (χ0n) is 27.1. The van der Waals surface area contributed by atoms with Gasteiger partial charge in [0, 0.05) is 24.0 Å². The van der Waals surface area contributed by atoms with Crippen LogP contribution in [0.4, 0.5) is 5.69 Å². The lowest BCUT2D eigenvalue weighted by Gasteiger charge is -2.35. The van der Waals surface area contributed by atoms with E-state index in [1.165, 1.54) is 17.0 Å². The van der Waals surface area contributed by atoms with Crippen LogP contribution in [0.5, 0.6) is 5.75 Å². The van der Waals surface area contributed by atoms with E-state index in [1.807, 2.05) is 43.3 Å². The fourth-order valence-corrected chi connectivity index (χ4v) is 7.68. The zero-order valence-corrected chi connectivity index (χ0v) is 28.7. The lowest BCUT2D eigenvalue weighted by atomic mass is 9.94. The van der Waals surface area contributed by atoms with Gasteiger partial charge in [-0.1, -0.05) is 91.5 Å². The summed E-state index contributed by atoms with van der Waals surface area (Å²) in [6.45, 7) is 1.82. The first kappa shape index (κ1) is 35.0. The molecule has 2 amide bonds. The van der Waals surface area contributed by atoms with E-state index in [2.05, 4.69) is 5.32 Å². The number of amides is 2. The van der Waals surface area contributed by atoms with Gasteiger partial charge in [-0.25, -0.2) is 8.42 Å². The van der Waals surface area contributed by atoms with E-state index in [-0.39, 0.29) is 29.8 Å². The Morgan fingerprint density at radius 2 is 1.50 bits per heavy atom. The van der Waals surface area contributed by atoms with Crippen molar-refractivity contribution in [3.8, 4) is 5.75 Å². The summed E-state index contributed by atoms with van der Waals surface area (Å²) in [5.74, 6) is -0.242. The molecule has 4 aromatic rings. The Kier molecular flexibility index (Phi) is 12.1. The van der Waals surface area contributed by atoms with Gasteiger partial charge >= 0.3 is 0 Å². The highest BCUT2D eigenvalue weighted by molar-refractivity contribution is 7.92. The number of anilines is 1. The Morgan fingerprint density at radius 1 is 0.854 bits per heavy atom. The molecule has 4 aromatic carbocycles. The fraction of sp³-hybridized carbons (Fsp3) is 0.316. The van der Waals surface area contributed by atoms with Crippen LogP contribution in [-0.2, 0) is 32.6 Å². The van der Waals surface area contributed by atoms with Crippen LogP contribution in [0.1, 0.15) is 50.2 Å². The molecule has 8 nitrogen and oxygen atoms in total. The van der Waals surface area contributed by atoms with Gasteiger partial charge in [0.05, 0.1) is 17.2 Å². The Hall–Kier alpha value is -4.34. The number of para-hydroxylation sites is 1. The average molecular weight is 688 g/mol. The number of hydrogen-bond acceptors (Lipinski definition) is 5. The lowest BCUT2D eigenvalue weighted by Crippen LogP contribution is -2.55. The molecule has 252 valence electrons. The van der Waals surface area contributed by atoms with E-state index in [0.717, 1.165) is 47.5 Å². The first-order valence-electron chi connectivity index (χ1n) is 16.4. The van der Waals surface area contributed by atoms with Crippen molar-refractivity contribution in [2.45, 2.75) is 69.0 Å². The van der Waals surface area contributed by atoms with Crippen molar-refractivity contribution >= 4 is 39.1 Å². The van der Waals surface area contributed by atoms with Crippen molar-refractivity contribution in [3.05, 3.63) is 125 Å². The van der Waals surface area contributed by atoms with Crippen molar-refractivity contribution in [3.63, 3.8) is 0 Å². The molecule has 5 rings (SSSR count). The molecule has 0 spiro atoms. The molecule has 0 bridgehead atoms. The molecule has 1 unspecified atom stereocenters. The molecule has 10 heteroatoms. The first-order chi connectivity index (χ1) is 23.2. The summed E-state index contributed by atoms with van der Waals surface area (Å²) in [6, 6.07) is 30.5. The second-order valence-corrected chi connectivity index (χ2v) is 14.3. The molecule has 1 atom stereocenters. The van der Waals surface area contributed by atoms with Crippen LogP contribution in [0.3, 0.4) is 0 Å². The number of nitrogens with zero attached hydrogens (tertiary/aromatic N) is 2. The zero-order chi connectivity index (χ0) is 33.9. The van der Waals surface area contributed by atoms with Crippen LogP contribution < -0.4 is 14.4 Å². The summed E-state index contributed by atoms with van der Waals surface area (Å²) in [6.07, 6.45) is 5.23. The van der Waals surface area contributed by atoms with Gasteiger partial charge in [-0.15, -0.1) is 0 Å². The van der Waals surface area contributed by atoms with Gasteiger partial charge < -0.3 is 15.0 Å². The summed E-state index contributed by atoms with van der Waals surface area (Å²) in [5, 5.41) is 3.72. The molecule has 1 aliphatic rings. The molecule has 0 aliphatic heterocycles. The predicted octanol–water partition coefficient (Wildman–Crippen LogP) is 7.02. The van der Waals surface area contributed by atoms with Gasteiger partial charge in [-0.05, 0) is 79.4 Å². The molecule has 1 fully saturated rings. The molecule has 0 heterocycles. The van der Waals surface area contributed by atoms with Gasteiger partial charge in [-0.2, -0.15) is 0 Å². The van der Waals surface area contributed by atoms with Gasteiger partial charge in [0.15, 0.2) is 0 Å². The number of benzene rings is 4. The van der Waals surface area contributed by atoms with Crippen molar-refractivity contribution in [2.75, 3.05) is 17.5 Å².